The molecule has 2 heterocycles. The van der Waals surface area contributed by atoms with Crippen molar-refractivity contribution in [3.8, 4) is 0 Å². The van der Waals surface area contributed by atoms with Crippen molar-refractivity contribution in [2.24, 2.45) is 22.6 Å². The maximum absolute atomic E-state index is 13.8. The van der Waals surface area contributed by atoms with Gasteiger partial charge in [-0.15, -0.1) is 0 Å². The number of nitrogens with one attached hydrogen (secondary N) is 1. The molecular weight excluding hydrogens is 522 g/mol. The van der Waals surface area contributed by atoms with Gasteiger partial charge in [0.05, 0.1) is 6.54 Å². The van der Waals surface area contributed by atoms with Crippen molar-refractivity contribution in [1.82, 2.24) is 15.1 Å². The molecule has 0 aromatic heterocycles. The highest BCUT2D eigenvalue weighted by atomic mass is 16.2. The van der Waals surface area contributed by atoms with Gasteiger partial charge in [-0.25, -0.2) is 9.79 Å². The summed E-state index contributed by atoms with van der Waals surface area (Å²) in [5.74, 6) is 1.50. The zero-order valence-corrected chi connectivity index (χ0v) is 25.1. The van der Waals surface area contributed by atoms with Gasteiger partial charge in [0.2, 0.25) is 0 Å². The second-order valence-electron chi connectivity index (χ2n) is 12.5. The van der Waals surface area contributed by atoms with E-state index in [9.17, 15) is 9.59 Å². The highest BCUT2D eigenvalue weighted by Crippen LogP contribution is 2.38. The predicted molar refractivity (Wildman–Crippen MR) is 169 cm³/mol. The van der Waals surface area contributed by atoms with Gasteiger partial charge in [-0.3, -0.25) is 9.69 Å². The molecule has 42 heavy (non-hydrogen) atoms. The highest BCUT2D eigenvalue weighted by Gasteiger charge is 2.48. The molecule has 1 saturated heterocycles. The maximum Gasteiger partial charge on any atom is 0.317 e. The second kappa shape index (κ2) is 14.0. The van der Waals surface area contributed by atoms with E-state index < -0.39 is 5.54 Å². The molecule has 5 rings (SSSR count). The summed E-state index contributed by atoms with van der Waals surface area (Å²) in [5, 5.41) is 3.09. The lowest BCUT2D eigenvalue weighted by atomic mass is 9.77. The number of nitrogens with zero attached hydrogens (tertiary/aromatic N) is 3. The Morgan fingerprint density at radius 3 is 2.33 bits per heavy atom. The Bertz CT molecular complexity index is 1240. The number of allylic oxidation sites excluding steroid dienone is 1. The van der Waals surface area contributed by atoms with Gasteiger partial charge in [0.1, 0.15) is 5.54 Å². The fraction of sp³-hybridized carbons (Fsp3) is 0.514. The summed E-state index contributed by atoms with van der Waals surface area (Å²) < 4.78 is 0. The van der Waals surface area contributed by atoms with E-state index in [2.05, 4.69) is 41.7 Å². The molecule has 3 N–H and O–H groups in total. The van der Waals surface area contributed by atoms with Gasteiger partial charge >= 0.3 is 6.03 Å². The van der Waals surface area contributed by atoms with Gasteiger partial charge in [0.25, 0.3) is 5.91 Å². The fourth-order valence-corrected chi connectivity index (χ4v) is 6.89. The van der Waals surface area contributed by atoms with Gasteiger partial charge in [-0.05, 0) is 67.6 Å². The Morgan fingerprint density at radius 1 is 0.952 bits per heavy atom. The van der Waals surface area contributed by atoms with Crippen molar-refractivity contribution < 1.29 is 9.59 Å². The second-order valence-corrected chi connectivity index (χ2v) is 12.5. The van der Waals surface area contributed by atoms with Gasteiger partial charge in [-0.1, -0.05) is 98.9 Å². The molecule has 1 saturated carbocycles. The minimum absolute atomic E-state index is 0.000629. The first kappa shape index (κ1) is 29.9. The molecule has 7 heteroatoms. The number of nitrogens with two attached hydrogens (primary N) is 1. The Hall–Kier alpha value is -3.61. The van der Waals surface area contributed by atoms with Crippen LogP contribution in [0.2, 0.25) is 0 Å². The summed E-state index contributed by atoms with van der Waals surface area (Å²) in [5.41, 5.74) is 9.00. The van der Waals surface area contributed by atoms with E-state index in [1.807, 2.05) is 42.2 Å². The van der Waals surface area contributed by atoms with Crippen LogP contribution in [0.4, 0.5) is 4.79 Å². The van der Waals surface area contributed by atoms with Crippen LogP contribution in [-0.4, -0.2) is 46.3 Å². The van der Waals surface area contributed by atoms with Crippen molar-refractivity contribution >= 4 is 17.9 Å². The van der Waals surface area contributed by atoms with Crippen molar-refractivity contribution in [2.45, 2.75) is 89.8 Å². The van der Waals surface area contributed by atoms with Crippen LogP contribution >= 0.6 is 0 Å². The quantitative estimate of drug-likeness (QED) is 0.335. The number of likely N-dealkylation sites (tertiary alicyclic amines) is 1. The number of carbonyl (C=O) groups is 2. The van der Waals surface area contributed by atoms with Crippen LogP contribution in [0, 0.1) is 11.8 Å². The van der Waals surface area contributed by atoms with Crippen LogP contribution < -0.4 is 11.1 Å². The SMILES string of the molecule is C/C=C/CC1(CC2CCCCC2)N=C(N)N(Cc2ccc(CNC(=O)N3CCC(Cc4ccccc4)CC3)cc2)C1=O. The minimum atomic E-state index is -0.779. The molecule has 3 aliphatic rings. The van der Waals surface area contributed by atoms with E-state index in [-0.39, 0.29) is 11.9 Å². The molecule has 2 fully saturated rings. The monoisotopic (exact) mass is 569 g/mol. The molecule has 0 bridgehead atoms. The van der Waals surface area contributed by atoms with Crippen molar-refractivity contribution in [3.63, 3.8) is 0 Å². The smallest absolute Gasteiger partial charge is 0.317 e. The Labute approximate surface area is 251 Å². The third kappa shape index (κ3) is 7.42. The average Bonchev–Trinajstić information content (AvgIpc) is 3.25. The summed E-state index contributed by atoms with van der Waals surface area (Å²) in [6.07, 6.45) is 14.7. The van der Waals surface area contributed by atoms with E-state index >= 15 is 0 Å². The van der Waals surface area contributed by atoms with Gasteiger partial charge in [0, 0.05) is 19.6 Å². The predicted octanol–water partition coefficient (Wildman–Crippen LogP) is 6.18. The van der Waals surface area contributed by atoms with Gasteiger partial charge in [0.15, 0.2) is 5.96 Å². The zero-order valence-electron chi connectivity index (χ0n) is 25.1. The number of rotatable bonds is 10. The van der Waals surface area contributed by atoms with Gasteiger partial charge < -0.3 is 16.0 Å². The van der Waals surface area contributed by atoms with Crippen LogP contribution in [0.5, 0.6) is 0 Å². The lowest BCUT2D eigenvalue weighted by Crippen LogP contribution is -2.44. The average molecular weight is 570 g/mol. The minimum Gasteiger partial charge on any atom is -0.369 e. The molecule has 0 radical (unpaired) electrons. The normalized spacial score (nSPS) is 22.1. The van der Waals surface area contributed by atoms with E-state index in [1.54, 1.807) is 4.90 Å². The molecule has 2 aromatic rings. The molecular formula is C35H47N5O2. The summed E-state index contributed by atoms with van der Waals surface area (Å²) in [6.45, 7) is 4.46. The number of aliphatic imine (C=N–C) groups is 1. The molecule has 2 aromatic carbocycles. The summed E-state index contributed by atoms with van der Waals surface area (Å²) >= 11 is 0. The van der Waals surface area contributed by atoms with Crippen LogP contribution in [0.25, 0.3) is 0 Å². The van der Waals surface area contributed by atoms with Crippen LogP contribution in [0.1, 0.15) is 81.4 Å². The Morgan fingerprint density at radius 2 is 1.64 bits per heavy atom. The molecule has 2 aliphatic heterocycles. The number of urea groups is 1. The van der Waals surface area contributed by atoms with E-state index in [1.165, 1.54) is 37.7 Å². The Balaban J connectivity index is 1.11. The van der Waals surface area contributed by atoms with Crippen molar-refractivity contribution in [2.75, 3.05) is 13.1 Å². The number of hydrogen-bond donors (Lipinski definition) is 2. The molecule has 1 unspecified atom stereocenters. The largest absolute Gasteiger partial charge is 0.369 e. The van der Waals surface area contributed by atoms with E-state index in [4.69, 9.17) is 10.7 Å². The summed E-state index contributed by atoms with van der Waals surface area (Å²) in [6, 6.07) is 18.7. The number of piperidine rings is 1. The number of carbonyl (C=O) groups excluding carboxylic acids is 2. The Kier molecular flexibility index (Phi) is 9.98. The molecule has 1 atom stereocenters. The number of amides is 3. The third-order valence-electron chi connectivity index (χ3n) is 9.37. The molecule has 7 nitrogen and oxygen atoms in total. The summed E-state index contributed by atoms with van der Waals surface area (Å²) in [4.78, 5) is 35.0. The maximum atomic E-state index is 13.8. The number of guanidine groups is 1. The zero-order chi connectivity index (χ0) is 29.4. The number of hydrogen-bond acceptors (Lipinski definition) is 4. The highest BCUT2D eigenvalue weighted by molar-refractivity contribution is 6.06. The van der Waals surface area contributed by atoms with E-state index in [0.717, 1.165) is 49.9 Å². The lowest BCUT2D eigenvalue weighted by molar-refractivity contribution is -0.132. The van der Waals surface area contributed by atoms with Crippen molar-refractivity contribution in [1.29, 1.82) is 0 Å². The lowest BCUT2D eigenvalue weighted by Gasteiger charge is -2.32. The number of benzene rings is 2. The molecule has 224 valence electrons. The molecule has 0 spiro atoms. The first-order valence-corrected chi connectivity index (χ1v) is 15.9. The first-order valence-electron chi connectivity index (χ1n) is 15.9. The molecule has 1 aliphatic carbocycles. The third-order valence-corrected chi connectivity index (χ3v) is 9.37. The molecule has 3 amide bonds. The van der Waals surface area contributed by atoms with E-state index in [0.29, 0.717) is 37.3 Å². The topological polar surface area (TPSA) is 91.0 Å². The standard InChI is InChI=1S/C35H47N5O2/c1-2-3-20-35(24-29-12-8-5-9-13-29)32(41)40(33(36)38-35)26-31-16-14-30(15-17-31)25-37-34(42)39-21-18-28(19-22-39)23-27-10-6-4-7-11-27/h2-4,6-7,10-11,14-17,28-29H,5,8-9,12-13,18-26H2,1H3,(H2,36,38)(H,37,42)/b3-2+. The fourth-order valence-electron chi connectivity index (χ4n) is 6.89. The van der Waals surface area contributed by atoms with Gasteiger partial charge in [-0.2, -0.15) is 0 Å². The van der Waals surface area contributed by atoms with Crippen LogP contribution in [0.15, 0.2) is 71.7 Å². The van der Waals surface area contributed by atoms with Crippen LogP contribution in [0.3, 0.4) is 0 Å². The van der Waals surface area contributed by atoms with Crippen molar-refractivity contribution in [3.05, 3.63) is 83.4 Å². The first-order chi connectivity index (χ1) is 20.5. The van der Waals surface area contributed by atoms with Crippen LogP contribution in [-0.2, 0) is 24.3 Å². The summed E-state index contributed by atoms with van der Waals surface area (Å²) in [7, 11) is 0.